The van der Waals surface area contributed by atoms with Crippen LogP contribution in [0.1, 0.15) is 6.92 Å². The number of methoxy groups -OCH3 is 2. The van der Waals surface area contributed by atoms with E-state index < -0.39 is 24.3 Å². The van der Waals surface area contributed by atoms with Crippen LogP contribution in [0.4, 0.5) is 9.18 Å². The van der Waals surface area contributed by atoms with Gasteiger partial charge in [-0.3, -0.25) is 4.79 Å². The number of halogens is 1. The molecule has 13 heavy (non-hydrogen) atoms. The molecule has 0 aliphatic carbocycles. The Hall–Kier alpha value is -1.17. The largest absolute Gasteiger partial charge is 0.453 e. The molecule has 0 aliphatic rings. The topological polar surface area (TPSA) is 64.6 Å². The number of carbonyl (C=O) groups is 2. The number of nitrogens with one attached hydrogen (secondary N) is 1. The van der Waals surface area contributed by atoms with Crippen molar-refractivity contribution in [2.75, 3.05) is 14.2 Å². The van der Waals surface area contributed by atoms with Gasteiger partial charge in [-0.05, 0) is 6.92 Å². The van der Waals surface area contributed by atoms with E-state index >= 15 is 0 Å². The highest BCUT2D eigenvalue weighted by atomic mass is 19.1. The second kappa shape index (κ2) is 5.47. The minimum atomic E-state index is -1.67. The van der Waals surface area contributed by atoms with Crippen LogP contribution >= 0.6 is 0 Å². The molecule has 0 saturated heterocycles. The first-order valence-electron chi connectivity index (χ1n) is 3.59. The van der Waals surface area contributed by atoms with Crippen LogP contribution in [0.5, 0.6) is 0 Å². The van der Waals surface area contributed by atoms with Gasteiger partial charge in [0.05, 0.1) is 13.2 Å². The lowest BCUT2D eigenvalue weighted by Crippen LogP contribution is -2.47. The second-order valence-corrected chi connectivity index (χ2v) is 2.36. The van der Waals surface area contributed by atoms with E-state index in [9.17, 15) is 14.0 Å². The Morgan fingerprint density at radius 3 is 2.23 bits per heavy atom. The summed E-state index contributed by atoms with van der Waals surface area (Å²) in [6.45, 7) is 1.46. The lowest BCUT2D eigenvalue weighted by atomic mass is 10.2. The maximum absolute atomic E-state index is 12.3. The van der Waals surface area contributed by atoms with E-state index in [0.29, 0.717) is 0 Å². The molecule has 2 atom stereocenters. The Morgan fingerprint density at radius 1 is 1.38 bits per heavy atom. The fourth-order valence-electron chi connectivity index (χ4n) is 0.681. The molecule has 0 spiro atoms. The van der Waals surface area contributed by atoms with Crippen molar-refractivity contribution in [3.8, 4) is 0 Å². The van der Waals surface area contributed by atoms with Crippen molar-refractivity contribution < 1.29 is 23.5 Å². The van der Waals surface area contributed by atoms with Gasteiger partial charge >= 0.3 is 12.1 Å². The Kier molecular flexibility index (Phi) is 4.98. The van der Waals surface area contributed by atoms with Gasteiger partial charge in [0.15, 0.2) is 0 Å². The van der Waals surface area contributed by atoms with E-state index in [1.165, 1.54) is 14.0 Å². The van der Waals surface area contributed by atoms with Gasteiger partial charge in [-0.15, -0.1) is 0 Å². The number of ether oxygens (including phenoxy) is 2. The first-order chi connectivity index (χ1) is 6.02. The molecule has 0 aromatic rings. The van der Waals surface area contributed by atoms with Crippen molar-refractivity contribution in [2.24, 2.45) is 0 Å². The number of hydrogen-bond donors (Lipinski definition) is 1. The molecule has 0 aromatic heterocycles. The predicted octanol–water partition coefficient (Wildman–Crippen LogP) is 0.242. The van der Waals surface area contributed by atoms with Crippen LogP contribution in [0.15, 0.2) is 0 Å². The second-order valence-electron chi connectivity index (χ2n) is 2.36. The Morgan fingerprint density at radius 2 is 1.92 bits per heavy atom. The smallest absolute Gasteiger partial charge is 0.407 e. The molecule has 0 radical (unpaired) electrons. The zero-order valence-electron chi connectivity index (χ0n) is 7.67. The highest BCUT2D eigenvalue weighted by molar-refractivity contribution is 5.81. The Labute approximate surface area is 75.2 Å². The highest BCUT2D eigenvalue weighted by Gasteiger charge is 2.27. The summed E-state index contributed by atoms with van der Waals surface area (Å²) in [5.74, 6) is 0. The summed E-state index contributed by atoms with van der Waals surface area (Å²) < 4.78 is 21.2. The van der Waals surface area contributed by atoms with Crippen molar-refractivity contribution in [2.45, 2.75) is 19.1 Å². The van der Waals surface area contributed by atoms with Crippen molar-refractivity contribution in [1.82, 2.24) is 5.32 Å². The SMILES string of the molecule is COC(=O)NC(C(=O)F)C(C)OC. The molecule has 0 saturated carbocycles. The van der Waals surface area contributed by atoms with Gasteiger partial charge in [0.2, 0.25) is 0 Å². The van der Waals surface area contributed by atoms with E-state index in [4.69, 9.17) is 0 Å². The molecule has 0 fully saturated rings. The average molecular weight is 193 g/mol. The number of rotatable bonds is 4. The van der Waals surface area contributed by atoms with Gasteiger partial charge in [0, 0.05) is 7.11 Å². The summed E-state index contributed by atoms with van der Waals surface area (Å²) in [6.07, 6.45) is -1.61. The maximum Gasteiger partial charge on any atom is 0.407 e. The summed E-state index contributed by atoms with van der Waals surface area (Å²) in [6, 6.07) is -2.99. The molecular formula is C7H12FNO4. The number of amides is 1. The third-order valence-electron chi connectivity index (χ3n) is 1.54. The minimum Gasteiger partial charge on any atom is -0.453 e. The molecule has 76 valence electrons. The molecule has 1 N–H and O–H groups in total. The summed E-state index contributed by atoms with van der Waals surface area (Å²) >= 11 is 0. The fraction of sp³-hybridized carbons (Fsp3) is 0.714. The Balaban J connectivity index is 4.26. The zero-order valence-corrected chi connectivity index (χ0v) is 7.67. The van der Waals surface area contributed by atoms with Crippen LogP contribution in [0, 0.1) is 0 Å². The molecule has 2 unspecified atom stereocenters. The zero-order chi connectivity index (χ0) is 10.4. The Bertz CT molecular complexity index is 197. The summed E-state index contributed by atoms with van der Waals surface area (Å²) in [5.41, 5.74) is 0. The molecule has 5 nitrogen and oxygen atoms in total. The van der Waals surface area contributed by atoms with Crippen LogP contribution < -0.4 is 5.32 Å². The van der Waals surface area contributed by atoms with Crippen molar-refractivity contribution >= 4 is 12.1 Å². The lowest BCUT2D eigenvalue weighted by molar-refractivity contribution is -0.134. The van der Waals surface area contributed by atoms with Crippen LogP contribution in [-0.2, 0) is 14.3 Å². The van der Waals surface area contributed by atoms with Crippen molar-refractivity contribution in [3.63, 3.8) is 0 Å². The third-order valence-corrected chi connectivity index (χ3v) is 1.54. The van der Waals surface area contributed by atoms with E-state index in [1.54, 1.807) is 0 Å². The number of alkyl carbamates (subject to hydrolysis) is 1. The summed E-state index contributed by atoms with van der Waals surface area (Å²) in [5, 5.41) is 2.01. The van der Waals surface area contributed by atoms with Gasteiger partial charge in [0.1, 0.15) is 6.04 Å². The molecule has 0 aromatic carbocycles. The van der Waals surface area contributed by atoms with Gasteiger partial charge in [-0.25, -0.2) is 4.79 Å². The maximum atomic E-state index is 12.3. The van der Waals surface area contributed by atoms with Crippen LogP contribution in [-0.4, -0.2) is 38.5 Å². The first kappa shape index (κ1) is 11.8. The van der Waals surface area contributed by atoms with Crippen molar-refractivity contribution in [3.05, 3.63) is 0 Å². The first-order valence-corrected chi connectivity index (χ1v) is 3.59. The van der Waals surface area contributed by atoms with E-state index in [1.807, 2.05) is 5.32 Å². The summed E-state index contributed by atoms with van der Waals surface area (Å²) in [4.78, 5) is 21.0. The van der Waals surface area contributed by atoms with Crippen LogP contribution in [0.2, 0.25) is 0 Å². The molecule has 0 bridgehead atoms. The molecule has 0 aliphatic heterocycles. The van der Waals surface area contributed by atoms with Crippen molar-refractivity contribution in [1.29, 1.82) is 0 Å². The highest BCUT2D eigenvalue weighted by Crippen LogP contribution is 2.00. The normalized spacial score (nSPS) is 14.5. The minimum absolute atomic E-state index is 0.739. The molecule has 0 heterocycles. The standard InChI is InChI=1S/C7H12FNO4/c1-4(12-2)5(6(8)10)9-7(11)13-3/h4-5H,1-3H3,(H,9,11). The molecule has 6 heteroatoms. The molecule has 0 rings (SSSR count). The van der Waals surface area contributed by atoms with E-state index in [-0.39, 0.29) is 0 Å². The fourth-order valence-corrected chi connectivity index (χ4v) is 0.681. The van der Waals surface area contributed by atoms with Crippen LogP contribution in [0.25, 0.3) is 0 Å². The average Bonchev–Trinajstić information content (AvgIpc) is 2.11. The molecule has 1 amide bonds. The quantitative estimate of drug-likeness (QED) is 0.649. The lowest BCUT2D eigenvalue weighted by Gasteiger charge is -2.18. The predicted molar refractivity (Wildman–Crippen MR) is 41.9 cm³/mol. The summed E-state index contributed by atoms with van der Waals surface area (Å²) in [7, 11) is 2.42. The monoisotopic (exact) mass is 193 g/mol. The van der Waals surface area contributed by atoms with E-state index in [0.717, 1.165) is 7.11 Å². The number of carbonyl (C=O) groups excluding carboxylic acids is 2. The van der Waals surface area contributed by atoms with Crippen LogP contribution in [0.3, 0.4) is 0 Å². The number of hydrogen-bond acceptors (Lipinski definition) is 4. The van der Waals surface area contributed by atoms with Gasteiger partial charge in [-0.2, -0.15) is 4.39 Å². The van der Waals surface area contributed by atoms with Gasteiger partial charge in [0.25, 0.3) is 0 Å². The third kappa shape index (κ3) is 3.84. The van der Waals surface area contributed by atoms with E-state index in [2.05, 4.69) is 9.47 Å². The molecular weight excluding hydrogens is 181 g/mol. The van der Waals surface area contributed by atoms with Gasteiger partial charge < -0.3 is 14.8 Å². The van der Waals surface area contributed by atoms with Gasteiger partial charge in [-0.1, -0.05) is 0 Å².